The fraction of sp³-hybridized carbons (Fsp3) is 0.0714. The molecule has 2 heterocycles. The predicted octanol–water partition coefficient (Wildman–Crippen LogP) is 4.98. The molecule has 5 rings (SSSR count). The van der Waals surface area contributed by atoms with E-state index in [0.717, 1.165) is 22.4 Å². The van der Waals surface area contributed by atoms with E-state index in [4.69, 9.17) is 0 Å². The summed E-state index contributed by atoms with van der Waals surface area (Å²) in [6.45, 7) is 0.523. The molecule has 0 amide bonds. The molecule has 160 valence electrons. The Balaban J connectivity index is 1.32. The van der Waals surface area contributed by atoms with Crippen LogP contribution in [0.1, 0.15) is 43.0 Å². The Kier molecular flexibility index (Phi) is 5.60. The maximum absolute atomic E-state index is 13.2. The minimum atomic E-state index is -0.0683. The second kappa shape index (κ2) is 9.01. The second-order valence-corrected chi connectivity index (χ2v) is 7.88. The molecule has 0 fully saturated rings. The molecular formula is C28H21N3O2. The van der Waals surface area contributed by atoms with Gasteiger partial charge in [-0.15, -0.1) is 0 Å². The van der Waals surface area contributed by atoms with Crippen LogP contribution < -0.4 is 0 Å². The number of ketones is 2. The Bertz CT molecular complexity index is 1380. The van der Waals surface area contributed by atoms with Crippen LogP contribution >= 0.6 is 0 Å². The highest BCUT2D eigenvalue weighted by molar-refractivity contribution is 6.39. The molecule has 0 N–H and O–H groups in total. The third-order valence-corrected chi connectivity index (χ3v) is 5.61. The molecular weight excluding hydrogens is 410 g/mol. The average molecular weight is 431 g/mol. The normalized spacial score (nSPS) is 12.5. The predicted molar refractivity (Wildman–Crippen MR) is 129 cm³/mol. The van der Waals surface area contributed by atoms with Gasteiger partial charge in [-0.1, -0.05) is 60.7 Å². The molecule has 0 atom stereocenters. The highest BCUT2D eigenvalue weighted by Gasteiger charge is 2.18. The van der Waals surface area contributed by atoms with E-state index in [-0.39, 0.29) is 18.0 Å². The summed E-state index contributed by atoms with van der Waals surface area (Å²) in [6, 6.07) is 26.0. The number of carbonyl (C=O) groups is 2. The van der Waals surface area contributed by atoms with Crippen LogP contribution in [-0.2, 0) is 13.0 Å². The van der Waals surface area contributed by atoms with Gasteiger partial charge >= 0.3 is 0 Å². The van der Waals surface area contributed by atoms with Gasteiger partial charge in [0.15, 0.2) is 11.6 Å². The average Bonchev–Trinajstić information content (AvgIpc) is 3.52. The topological polar surface area (TPSA) is 63.8 Å². The van der Waals surface area contributed by atoms with E-state index in [1.165, 1.54) is 0 Å². The maximum Gasteiger partial charge on any atom is 0.193 e. The van der Waals surface area contributed by atoms with Crippen molar-refractivity contribution in [3.05, 3.63) is 131 Å². The summed E-state index contributed by atoms with van der Waals surface area (Å²) in [4.78, 5) is 30.3. The fourth-order valence-corrected chi connectivity index (χ4v) is 3.91. The number of benzene rings is 3. The molecule has 33 heavy (non-hydrogen) atoms. The fourth-order valence-electron chi connectivity index (χ4n) is 3.91. The SMILES string of the molecule is O=C(Cc1cccc(C(=O)c2ccc3c(c2)CN=C3/C=N/n2cccc2)c1)c1ccccc1. The van der Waals surface area contributed by atoms with Gasteiger partial charge in [0.1, 0.15) is 0 Å². The first-order valence-electron chi connectivity index (χ1n) is 10.7. The largest absolute Gasteiger partial charge is 0.294 e. The lowest BCUT2D eigenvalue weighted by Crippen LogP contribution is -2.07. The zero-order valence-corrected chi connectivity index (χ0v) is 17.9. The summed E-state index contributed by atoms with van der Waals surface area (Å²) in [6.07, 6.45) is 5.71. The van der Waals surface area contributed by atoms with Crippen LogP contribution in [0.5, 0.6) is 0 Å². The number of aliphatic imine (C=N–C) groups is 1. The van der Waals surface area contributed by atoms with Crippen LogP contribution in [0, 0.1) is 0 Å². The summed E-state index contributed by atoms with van der Waals surface area (Å²) < 4.78 is 1.72. The molecule has 0 spiro atoms. The van der Waals surface area contributed by atoms with Crippen molar-refractivity contribution in [2.45, 2.75) is 13.0 Å². The molecule has 1 aliphatic heterocycles. The highest BCUT2D eigenvalue weighted by atomic mass is 16.1. The van der Waals surface area contributed by atoms with Crippen molar-refractivity contribution in [3.8, 4) is 0 Å². The van der Waals surface area contributed by atoms with Crippen LogP contribution in [0.2, 0.25) is 0 Å². The Labute approximate surface area is 191 Å². The standard InChI is InChI=1S/C28H21N3O2/c32-27(21-8-2-1-3-9-21)16-20-7-6-10-22(15-20)28(33)23-11-12-25-24(17-23)18-29-26(25)19-30-31-13-4-5-14-31/h1-15,17,19H,16,18H2/b30-19+. The number of rotatable bonds is 7. The van der Waals surface area contributed by atoms with Gasteiger partial charge < -0.3 is 0 Å². The highest BCUT2D eigenvalue weighted by Crippen LogP contribution is 2.22. The van der Waals surface area contributed by atoms with Gasteiger partial charge in [-0.3, -0.25) is 14.6 Å². The van der Waals surface area contributed by atoms with Crippen LogP contribution in [0.15, 0.2) is 107 Å². The smallest absolute Gasteiger partial charge is 0.193 e. The van der Waals surface area contributed by atoms with Gasteiger partial charge in [-0.25, -0.2) is 4.68 Å². The quantitative estimate of drug-likeness (QED) is 0.306. The van der Waals surface area contributed by atoms with E-state index in [9.17, 15) is 9.59 Å². The molecule has 1 aliphatic rings. The lowest BCUT2D eigenvalue weighted by Gasteiger charge is -2.07. The summed E-state index contributed by atoms with van der Waals surface area (Å²) >= 11 is 0. The molecule has 0 saturated carbocycles. The minimum absolute atomic E-state index is 0.0315. The molecule has 0 unspecified atom stereocenters. The summed E-state index contributed by atoms with van der Waals surface area (Å²) in [7, 11) is 0. The van der Waals surface area contributed by atoms with Gasteiger partial charge in [0.2, 0.25) is 0 Å². The van der Waals surface area contributed by atoms with Crippen molar-refractivity contribution in [1.82, 2.24) is 4.68 Å². The van der Waals surface area contributed by atoms with Crippen LogP contribution in [0.3, 0.4) is 0 Å². The Morgan fingerprint density at radius 2 is 1.61 bits per heavy atom. The monoisotopic (exact) mass is 431 g/mol. The molecule has 4 aromatic rings. The van der Waals surface area contributed by atoms with Crippen molar-refractivity contribution < 1.29 is 9.59 Å². The zero-order chi connectivity index (χ0) is 22.6. The lowest BCUT2D eigenvalue weighted by atomic mass is 9.95. The van der Waals surface area contributed by atoms with E-state index >= 15 is 0 Å². The first-order valence-corrected chi connectivity index (χ1v) is 10.7. The van der Waals surface area contributed by atoms with Gasteiger partial charge in [-0.05, 0) is 35.4 Å². The first-order chi connectivity index (χ1) is 16.2. The van der Waals surface area contributed by atoms with E-state index in [0.29, 0.717) is 23.2 Å². The van der Waals surface area contributed by atoms with Crippen molar-refractivity contribution in [2.24, 2.45) is 10.1 Å². The molecule has 5 nitrogen and oxygen atoms in total. The molecule has 0 bridgehead atoms. The number of fused-ring (bicyclic) bond motifs is 1. The second-order valence-electron chi connectivity index (χ2n) is 7.88. The van der Waals surface area contributed by atoms with E-state index in [1.807, 2.05) is 91.3 Å². The summed E-state index contributed by atoms with van der Waals surface area (Å²) in [5.41, 5.74) is 5.47. The van der Waals surface area contributed by atoms with Crippen molar-refractivity contribution >= 4 is 23.5 Å². The zero-order valence-electron chi connectivity index (χ0n) is 17.9. The van der Waals surface area contributed by atoms with Crippen LogP contribution in [0.4, 0.5) is 0 Å². The summed E-state index contributed by atoms with van der Waals surface area (Å²) in [5.74, 6) is -0.0368. The Morgan fingerprint density at radius 3 is 2.42 bits per heavy atom. The molecule has 0 saturated heterocycles. The molecule has 0 radical (unpaired) electrons. The van der Waals surface area contributed by atoms with Gasteiger partial charge in [-0.2, -0.15) is 5.10 Å². The van der Waals surface area contributed by atoms with Gasteiger partial charge in [0.05, 0.1) is 18.5 Å². The molecule has 5 heteroatoms. The number of nitrogens with zero attached hydrogens (tertiary/aromatic N) is 3. The molecule has 1 aromatic heterocycles. The number of hydrogen-bond donors (Lipinski definition) is 0. The molecule has 0 aliphatic carbocycles. The Morgan fingerprint density at radius 1 is 0.848 bits per heavy atom. The van der Waals surface area contributed by atoms with E-state index < -0.39 is 0 Å². The Hall–Kier alpha value is -4.38. The first kappa shape index (κ1) is 20.5. The number of aromatic nitrogens is 1. The third-order valence-electron chi connectivity index (χ3n) is 5.61. The maximum atomic E-state index is 13.2. The number of hydrogen-bond acceptors (Lipinski definition) is 4. The van der Waals surface area contributed by atoms with Crippen molar-refractivity contribution in [3.63, 3.8) is 0 Å². The van der Waals surface area contributed by atoms with Gasteiger partial charge in [0.25, 0.3) is 0 Å². The summed E-state index contributed by atoms with van der Waals surface area (Å²) in [5, 5.41) is 4.37. The lowest BCUT2D eigenvalue weighted by molar-refractivity contribution is 0.0990. The van der Waals surface area contributed by atoms with Crippen molar-refractivity contribution in [2.75, 3.05) is 0 Å². The van der Waals surface area contributed by atoms with Gasteiger partial charge in [0, 0.05) is 41.1 Å². The number of carbonyl (C=O) groups excluding carboxylic acids is 2. The van der Waals surface area contributed by atoms with Crippen LogP contribution in [0.25, 0.3) is 0 Å². The minimum Gasteiger partial charge on any atom is -0.294 e. The number of Topliss-reactive ketones (excluding diaryl/α,β-unsaturated/α-hetero) is 1. The molecule has 3 aromatic carbocycles. The van der Waals surface area contributed by atoms with E-state index in [1.54, 1.807) is 17.0 Å². The van der Waals surface area contributed by atoms with Crippen LogP contribution in [-0.4, -0.2) is 28.2 Å². The van der Waals surface area contributed by atoms with E-state index in [2.05, 4.69) is 10.1 Å². The van der Waals surface area contributed by atoms with Crippen molar-refractivity contribution in [1.29, 1.82) is 0 Å². The third kappa shape index (κ3) is 4.48.